The number of nitrogens with zero attached hydrogens (tertiary/aromatic N) is 3. The number of rotatable bonds is 6. The van der Waals surface area contributed by atoms with Crippen LogP contribution in [0, 0.1) is 0 Å². The smallest absolute Gasteiger partial charge is 0.257 e. The van der Waals surface area contributed by atoms with Gasteiger partial charge in [0.15, 0.2) is 0 Å². The van der Waals surface area contributed by atoms with Gasteiger partial charge >= 0.3 is 0 Å². The molecule has 112 valence electrons. The van der Waals surface area contributed by atoms with Crippen LogP contribution in [-0.2, 0) is 0 Å². The number of benzene rings is 1. The molecule has 0 aliphatic carbocycles. The minimum Gasteiger partial charge on any atom is -0.332 e. The van der Waals surface area contributed by atoms with Crippen molar-refractivity contribution < 1.29 is 13.6 Å². The molecule has 21 heavy (non-hydrogen) atoms. The molecule has 0 saturated heterocycles. The van der Waals surface area contributed by atoms with E-state index in [0.29, 0.717) is 10.9 Å². The molecule has 0 unspecified atom stereocenters. The van der Waals surface area contributed by atoms with E-state index in [1.807, 2.05) is 30.3 Å². The van der Waals surface area contributed by atoms with Gasteiger partial charge < -0.3 is 4.90 Å². The number of aromatic nitrogens is 2. The molecule has 1 heterocycles. The summed E-state index contributed by atoms with van der Waals surface area (Å²) >= 11 is 3.16. The second-order valence-electron chi connectivity index (χ2n) is 4.34. The standard InChI is InChI=1S/C14H14BrF2N3O/c15-6-7-19(10-13(16)17)14(21)11-8-18-20(9-11)12-4-2-1-3-5-12/h1-5,8-9,13H,6-7,10H2. The van der Waals surface area contributed by atoms with E-state index in [1.165, 1.54) is 6.20 Å². The number of carbonyl (C=O) groups excluding carboxylic acids is 1. The zero-order chi connectivity index (χ0) is 15.2. The first kappa shape index (κ1) is 15.6. The van der Waals surface area contributed by atoms with Gasteiger partial charge in [-0.1, -0.05) is 34.1 Å². The molecular weight excluding hydrogens is 344 g/mol. The molecule has 4 nitrogen and oxygen atoms in total. The van der Waals surface area contributed by atoms with E-state index in [4.69, 9.17) is 0 Å². The largest absolute Gasteiger partial charge is 0.332 e. The first-order valence-corrected chi connectivity index (χ1v) is 7.47. The quantitative estimate of drug-likeness (QED) is 0.745. The predicted molar refractivity (Wildman–Crippen MR) is 79.3 cm³/mol. The lowest BCUT2D eigenvalue weighted by molar-refractivity contribution is 0.0572. The number of amides is 1. The molecule has 0 atom stereocenters. The lowest BCUT2D eigenvalue weighted by Crippen LogP contribution is -2.36. The van der Waals surface area contributed by atoms with Crippen LogP contribution < -0.4 is 0 Å². The van der Waals surface area contributed by atoms with E-state index in [9.17, 15) is 13.6 Å². The van der Waals surface area contributed by atoms with Crippen LogP contribution in [0.25, 0.3) is 5.69 Å². The zero-order valence-electron chi connectivity index (χ0n) is 11.1. The Morgan fingerprint density at radius 2 is 2.05 bits per heavy atom. The highest BCUT2D eigenvalue weighted by Gasteiger charge is 2.20. The van der Waals surface area contributed by atoms with Gasteiger partial charge in [-0.2, -0.15) is 5.10 Å². The first-order valence-electron chi connectivity index (χ1n) is 6.35. The van der Waals surface area contributed by atoms with Crippen LogP contribution in [0.4, 0.5) is 8.78 Å². The fourth-order valence-electron chi connectivity index (χ4n) is 1.88. The second-order valence-corrected chi connectivity index (χ2v) is 5.13. The van der Waals surface area contributed by atoms with Crippen molar-refractivity contribution in [2.75, 3.05) is 18.4 Å². The maximum atomic E-state index is 12.5. The summed E-state index contributed by atoms with van der Waals surface area (Å²) in [5.74, 6) is -0.447. The van der Waals surface area contributed by atoms with Crippen molar-refractivity contribution in [2.24, 2.45) is 0 Å². The molecule has 0 fully saturated rings. The van der Waals surface area contributed by atoms with E-state index in [-0.39, 0.29) is 6.54 Å². The van der Waals surface area contributed by atoms with Crippen LogP contribution in [0.2, 0.25) is 0 Å². The van der Waals surface area contributed by atoms with E-state index in [2.05, 4.69) is 21.0 Å². The van der Waals surface area contributed by atoms with E-state index >= 15 is 0 Å². The summed E-state index contributed by atoms with van der Waals surface area (Å²) in [6.45, 7) is -0.360. The number of hydrogen-bond donors (Lipinski definition) is 0. The Kier molecular flexibility index (Phi) is 5.44. The number of halogens is 3. The highest BCUT2D eigenvalue weighted by molar-refractivity contribution is 9.09. The van der Waals surface area contributed by atoms with Crippen LogP contribution >= 0.6 is 15.9 Å². The molecule has 2 aromatic rings. The molecule has 0 saturated carbocycles. The molecule has 0 aliphatic rings. The maximum absolute atomic E-state index is 12.5. The molecule has 0 radical (unpaired) electrons. The van der Waals surface area contributed by atoms with Crippen LogP contribution in [0.15, 0.2) is 42.7 Å². The highest BCUT2D eigenvalue weighted by Crippen LogP contribution is 2.11. The third-order valence-electron chi connectivity index (χ3n) is 2.85. The molecule has 0 aliphatic heterocycles. The van der Waals surface area contributed by atoms with Crippen molar-refractivity contribution in [1.29, 1.82) is 0 Å². The van der Waals surface area contributed by atoms with Gasteiger partial charge in [0.1, 0.15) is 0 Å². The molecule has 1 aromatic carbocycles. The molecule has 0 bridgehead atoms. The van der Waals surface area contributed by atoms with Gasteiger partial charge in [-0.3, -0.25) is 4.79 Å². The SMILES string of the molecule is O=C(c1cnn(-c2ccccc2)c1)N(CCBr)CC(F)F. The normalized spacial score (nSPS) is 10.9. The summed E-state index contributed by atoms with van der Waals surface area (Å²) in [5, 5.41) is 4.54. The number of hydrogen-bond acceptors (Lipinski definition) is 2. The van der Waals surface area contributed by atoms with Gasteiger partial charge in [-0.05, 0) is 12.1 Å². The Morgan fingerprint density at radius 3 is 2.67 bits per heavy atom. The number of para-hydroxylation sites is 1. The van der Waals surface area contributed by atoms with Crippen molar-refractivity contribution >= 4 is 21.8 Å². The van der Waals surface area contributed by atoms with Crippen LogP contribution in [0.1, 0.15) is 10.4 Å². The second kappa shape index (κ2) is 7.31. The van der Waals surface area contributed by atoms with Gasteiger partial charge in [0.25, 0.3) is 12.3 Å². The van der Waals surface area contributed by atoms with Crippen molar-refractivity contribution in [2.45, 2.75) is 6.43 Å². The fraction of sp³-hybridized carbons (Fsp3) is 0.286. The van der Waals surface area contributed by atoms with Crippen molar-refractivity contribution in [3.8, 4) is 5.69 Å². The summed E-state index contributed by atoms with van der Waals surface area (Å²) in [7, 11) is 0. The average Bonchev–Trinajstić information content (AvgIpc) is 2.96. The Bertz CT molecular complexity index is 589. The van der Waals surface area contributed by atoms with Gasteiger partial charge in [0.2, 0.25) is 0 Å². The van der Waals surface area contributed by atoms with E-state index in [0.717, 1.165) is 10.6 Å². The Hall–Kier alpha value is -1.76. The minimum absolute atomic E-state index is 0.222. The Morgan fingerprint density at radius 1 is 1.33 bits per heavy atom. The highest BCUT2D eigenvalue weighted by atomic mass is 79.9. The number of carbonyl (C=O) groups is 1. The molecule has 1 amide bonds. The summed E-state index contributed by atoms with van der Waals surface area (Å²) in [4.78, 5) is 13.4. The van der Waals surface area contributed by atoms with Gasteiger partial charge in [0, 0.05) is 18.1 Å². The van der Waals surface area contributed by atoms with E-state index in [1.54, 1.807) is 10.9 Å². The minimum atomic E-state index is -2.56. The van der Waals surface area contributed by atoms with Crippen LogP contribution in [-0.4, -0.2) is 45.4 Å². The van der Waals surface area contributed by atoms with Crippen LogP contribution in [0.3, 0.4) is 0 Å². The molecule has 1 aromatic heterocycles. The van der Waals surface area contributed by atoms with E-state index < -0.39 is 18.9 Å². The summed E-state index contributed by atoms with van der Waals surface area (Å²) in [5.41, 5.74) is 1.10. The summed E-state index contributed by atoms with van der Waals surface area (Å²) in [6.07, 6.45) is 0.379. The Labute approximate surface area is 129 Å². The third-order valence-corrected chi connectivity index (χ3v) is 3.20. The van der Waals surface area contributed by atoms with Gasteiger partial charge in [0.05, 0.1) is 24.0 Å². The molecule has 0 N–H and O–H groups in total. The van der Waals surface area contributed by atoms with Gasteiger partial charge in [-0.25, -0.2) is 13.5 Å². The third kappa shape index (κ3) is 4.10. The summed E-state index contributed by atoms with van der Waals surface area (Å²) in [6, 6.07) is 9.27. The monoisotopic (exact) mass is 357 g/mol. The summed E-state index contributed by atoms with van der Waals surface area (Å²) < 4.78 is 26.6. The van der Waals surface area contributed by atoms with Crippen molar-refractivity contribution in [3.05, 3.63) is 48.3 Å². The number of alkyl halides is 3. The molecular formula is C14H14BrF2N3O. The van der Waals surface area contributed by atoms with Gasteiger partial charge in [-0.15, -0.1) is 0 Å². The fourth-order valence-corrected chi connectivity index (χ4v) is 2.31. The van der Waals surface area contributed by atoms with Crippen LogP contribution in [0.5, 0.6) is 0 Å². The van der Waals surface area contributed by atoms with Crippen molar-refractivity contribution in [3.63, 3.8) is 0 Å². The maximum Gasteiger partial charge on any atom is 0.257 e. The lowest BCUT2D eigenvalue weighted by Gasteiger charge is -2.20. The van der Waals surface area contributed by atoms with Crippen molar-refractivity contribution in [1.82, 2.24) is 14.7 Å². The zero-order valence-corrected chi connectivity index (χ0v) is 12.7. The average molecular weight is 358 g/mol. The molecule has 2 rings (SSSR count). The lowest BCUT2D eigenvalue weighted by atomic mass is 10.3. The molecule has 0 spiro atoms. The topological polar surface area (TPSA) is 38.1 Å². The molecule has 7 heteroatoms. The Balaban J connectivity index is 2.17. The predicted octanol–water partition coefficient (Wildman–Crippen LogP) is 2.97. The first-order chi connectivity index (χ1) is 10.1.